The first kappa shape index (κ1) is 40.8. The summed E-state index contributed by atoms with van der Waals surface area (Å²) in [5.41, 5.74) is 3.86. The Morgan fingerprint density at radius 1 is 0.423 bits per heavy atom. The Morgan fingerprint density at radius 2 is 0.712 bits per heavy atom. The monoisotopic (exact) mass is 712 g/mol. The van der Waals surface area contributed by atoms with Crippen molar-refractivity contribution in [2.75, 3.05) is 28.4 Å². The van der Waals surface area contributed by atoms with E-state index < -0.39 is 0 Å². The van der Waals surface area contributed by atoms with Crippen molar-refractivity contribution in [3.8, 4) is 34.5 Å². The molecule has 0 saturated heterocycles. The van der Waals surface area contributed by atoms with Gasteiger partial charge >= 0.3 is 0 Å². The van der Waals surface area contributed by atoms with Gasteiger partial charge in [0.2, 0.25) is 0 Å². The SMILES string of the molecule is COc1cc(CCC(=O)CC(=O)CCc2ccc(O)c(OC)c2)ccc1O.COc1ccc(CCC(=O)CC(=O)CCc2ccc(OC)cc2)cc1. The highest BCUT2D eigenvalue weighted by atomic mass is 16.5. The van der Waals surface area contributed by atoms with Crippen molar-refractivity contribution in [2.45, 2.75) is 64.2 Å². The predicted octanol–water partition coefficient (Wildman–Crippen LogP) is 7.01. The van der Waals surface area contributed by atoms with E-state index in [0.29, 0.717) is 50.0 Å². The summed E-state index contributed by atoms with van der Waals surface area (Å²) < 4.78 is 20.3. The first-order valence-corrected chi connectivity index (χ1v) is 17.1. The van der Waals surface area contributed by atoms with Crippen molar-refractivity contribution >= 4 is 23.1 Å². The summed E-state index contributed by atoms with van der Waals surface area (Å²) in [4.78, 5) is 48.1. The molecule has 0 aliphatic rings. The molecule has 276 valence electrons. The molecule has 4 aromatic rings. The van der Waals surface area contributed by atoms with Gasteiger partial charge in [-0.05, 0) is 96.5 Å². The Hall–Kier alpha value is -5.64. The van der Waals surface area contributed by atoms with Crippen molar-refractivity contribution in [1.29, 1.82) is 0 Å². The van der Waals surface area contributed by atoms with Gasteiger partial charge in [-0.15, -0.1) is 0 Å². The number of carbonyl (C=O) groups is 4. The highest BCUT2D eigenvalue weighted by molar-refractivity contribution is 5.99. The minimum atomic E-state index is -0.115. The zero-order chi connectivity index (χ0) is 37.9. The van der Waals surface area contributed by atoms with Gasteiger partial charge in [0, 0.05) is 25.7 Å². The molecule has 4 rings (SSSR count). The van der Waals surface area contributed by atoms with Gasteiger partial charge in [0.15, 0.2) is 23.0 Å². The van der Waals surface area contributed by atoms with Crippen molar-refractivity contribution in [3.63, 3.8) is 0 Å². The molecule has 0 bridgehead atoms. The van der Waals surface area contributed by atoms with E-state index in [1.807, 2.05) is 48.5 Å². The van der Waals surface area contributed by atoms with Gasteiger partial charge in [-0.1, -0.05) is 36.4 Å². The molecule has 0 aliphatic heterocycles. The van der Waals surface area contributed by atoms with Gasteiger partial charge in [-0.3, -0.25) is 19.2 Å². The average molecular weight is 713 g/mol. The predicted molar refractivity (Wildman–Crippen MR) is 198 cm³/mol. The van der Waals surface area contributed by atoms with Crippen LogP contribution in [0, 0.1) is 0 Å². The number of aryl methyl sites for hydroxylation is 4. The molecule has 0 atom stereocenters. The zero-order valence-electron chi connectivity index (χ0n) is 30.3. The van der Waals surface area contributed by atoms with Crippen LogP contribution in [-0.2, 0) is 44.9 Å². The molecule has 10 heteroatoms. The summed E-state index contributed by atoms with van der Waals surface area (Å²) in [6, 6.07) is 25.1. The largest absolute Gasteiger partial charge is 0.504 e. The third kappa shape index (κ3) is 14.3. The van der Waals surface area contributed by atoms with Gasteiger partial charge in [-0.25, -0.2) is 0 Å². The maximum absolute atomic E-state index is 12.1. The van der Waals surface area contributed by atoms with E-state index in [1.165, 1.54) is 26.4 Å². The second-order valence-electron chi connectivity index (χ2n) is 12.2. The summed E-state index contributed by atoms with van der Waals surface area (Å²) in [6.45, 7) is 0. The topological polar surface area (TPSA) is 146 Å². The number of carbonyl (C=O) groups excluding carboxylic acids is 4. The van der Waals surface area contributed by atoms with Gasteiger partial charge < -0.3 is 29.2 Å². The van der Waals surface area contributed by atoms with Crippen LogP contribution in [0.25, 0.3) is 0 Å². The zero-order valence-corrected chi connectivity index (χ0v) is 30.3. The number of methoxy groups -OCH3 is 4. The molecule has 2 N–H and O–H groups in total. The van der Waals surface area contributed by atoms with Crippen molar-refractivity contribution in [3.05, 3.63) is 107 Å². The van der Waals surface area contributed by atoms with Crippen LogP contribution < -0.4 is 18.9 Å². The number of Topliss-reactive ketones (excluding diaryl/α,β-unsaturated/α-hetero) is 4. The lowest BCUT2D eigenvalue weighted by Gasteiger charge is -2.07. The lowest BCUT2D eigenvalue weighted by molar-refractivity contribution is -0.128. The normalized spacial score (nSPS) is 10.4. The summed E-state index contributed by atoms with van der Waals surface area (Å²) in [5, 5.41) is 19.1. The summed E-state index contributed by atoms with van der Waals surface area (Å²) in [5.74, 6) is 2.17. The second kappa shape index (κ2) is 21.5. The van der Waals surface area contributed by atoms with E-state index in [4.69, 9.17) is 18.9 Å². The lowest BCUT2D eigenvalue weighted by Crippen LogP contribution is -2.09. The average Bonchev–Trinajstić information content (AvgIpc) is 3.16. The highest BCUT2D eigenvalue weighted by Crippen LogP contribution is 2.28. The number of hydrogen-bond donors (Lipinski definition) is 2. The molecule has 0 aliphatic carbocycles. The molecule has 0 heterocycles. The van der Waals surface area contributed by atoms with E-state index in [2.05, 4.69) is 0 Å². The molecule has 0 amide bonds. The number of phenolic OH excluding ortho intramolecular Hbond substituents is 2. The fourth-order valence-electron chi connectivity index (χ4n) is 5.27. The van der Waals surface area contributed by atoms with Crippen LogP contribution in [0.4, 0.5) is 0 Å². The number of hydrogen-bond acceptors (Lipinski definition) is 10. The van der Waals surface area contributed by atoms with Crippen LogP contribution in [-0.4, -0.2) is 61.8 Å². The number of rotatable bonds is 20. The van der Waals surface area contributed by atoms with Crippen LogP contribution in [0.2, 0.25) is 0 Å². The van der Waals surface area contributed by atoms with Crippen molar-refractivity contribution in [2.24, 2.45) is 0 Å². The van der Waals surface area contributed by atoms with E-state index in [9.17, 15) is 29.4 Å². The molecule has 0 fully saturated rings. The summed E-state index contributed by atoms with van der Waals surface area (Å²) in [7, 11) is 6.17. The number of aromatic hydroxyl groups is 2. The Labute approximate surface area is 305 Å². The standard InChI is InChI=1S/C21H24O6.C21H24O4/c1-26-20-11-14(5-9-18(20)24)3-7-16(22)13-17(23)8-4-15-6-10-19(25)21(12-15)27-2;1-24-20-11-5-16(6-12-20)3-9-18(22)15-19(23)10-4-17-7-13-21(25-2)14-8-17/h5-6,9-12,24-25H,3-4,7-8,13H2,1-2H3;5-8,11-14H,3-4,9-10,15H2,1-2H3. The lowest BCUT2D eigenvalue weighted by atomic mass is 10.0. The Bertz CT molecular complexity index is 1630. The van der Waals surface area contributed by atoms with Crippen molar-refractivity contribution < 1.29 is 48.3 Å². The van der Waals surface area contributed by atoms with Crippen molar-refractivity contribution in [1.82, 2.24) is 0 Å². The van der Waals surface area contributed by atoms with Crippen LogP contribution >= 0.6 is 0 Å². The molecule has 10 nitrogen and oxygen atoms in total. The third-order valence-corrected chi connectivity index (χ3v) is 8.37. The minimum Gasteiger partial charge on any atom is -0.504 e. The first-order chi connectivity index (χ1) is 25.0. The Kier molecular flexibility index (Phi) is 16.9. The molecule has 0 radical (unpaired) electrons. The Morgan fingerprint density at radius 3 is 1.00 bits per heavy atom. The third-order valence-electron chi connectivity index (χ3n) is 8.37. The van der Waals surface area contributed by atoms with Gasteiger partial charge in [0.05, 0.1) is 41.3 Å². The quantitative estimate of drug-likeness (QED) is 0.0919. The van der Waals surface area contributed by atoms with E-state index in [0.717, 1.165) is 33.8 Å². The first-order valence-electron chi connectivity index (χ1n) is 17.1. The smallest absolute Gasteiger partial charge is 0.160 e. The Balaban J connectivity index is 0.000000281. The summed E-state index contributed by atoms with van der Waals surface area (Å²) in [6.07, 6.45) is 3.48. The highest BCUT2D eigenvalue weighted by Gasteiger charge is 2.13. The number of ether oxygens (including phenoxy) is 4. The fourth-order valence-corrected chi connectivity index (χ4v) is 5.27. The number of ketones is 4. The van der Waals surface area contributed by atoms with Crippen LogP contribution in [0.5, 0.6) is 34.5 Å². The molecule has 4 aromatic carbocycles. The molecule has 0 aromatic heterocycles. The van der Waals surface area contributed by atoms with E-state index in [1.54, 1.807) is 38.5 Å². The number of benzene rings is 4. The van der Waals surface area contributed by atoms with Gasteiger partial charge in [0.25, 0.3) is 0 Å². The molecular formula is C42H48O10. The minimum absolute atomic E-state index is 0.00412. The molecular weight excluding hydrogens is 664 g/mol. The molecule has 0 spiro atoms. The fraction of sp³-hybridized carbons (Fsp3) is 0.333. The van der Waals surface area contributed by atoms with E-state index in [-0.39, 0.29) is 60.3 Å². The maximum atomic E-state index is 12.1. The van der Waals surface area contributed by atoms with Crippen LogP contribution in [0.3, 0.4) is 0 Å². The van der Waals surface area contributed by atoms with Crippen LogP contribution in [0.15, 0.2) is 84.9 Å². The van der Waals surface area contributed by atoms with Gasteiger partial charge in [0.1, 0.15) is 34.6 Å². The molecule has 0 saturated carbocycles. The number of phenols is 2. The van der Waals surface area contributed by atoms with Crippen LogP contribution in [0.1, 0.15) is 60.8 Å². The van der Waals surface area contributed by atoms with Gasteiger partial charge in [-0.2, -0.15) is 0 Å². The maximum Gasteiger partial charge on any atom is 0.160 e. The van der Waals surface area contributed by atoms with E-state index >= 15 is 0 Å². The second-order valence-corrected chi connectivity index (χ2v) is 12.2. The molecule has 52 heavy (non-hydrogen) atoms. The summed E-state index contributed by atoms with van der Waals surface area (Å²) >= 11 is 0. The molecule has 0 unspecified atom stereocenters.